The summed E-state index contributed by atoms with van der Waals surface area (Å²) in [5.74, 6) is -1.16. The second kappa shape index (κ2) is 12.2. The largest absolute Gasteiger partial charge is 0.453 e. The Morgan fingerprint density at radius 1 is 0.714 bits per heavy atom. The summed E-state index contributed by atoms with van der Waals surface area (Å²) in [6.45, 7) is 0. The minimum Gasteiger partial charge on any atom is -0.453 e. The van der Waals surface area contributed by atoms with E-state index in [0.717, 1.165) is 34.8 Å². The molecule has 0 saturated carbocycles. The van der Waals surface area contributed by atoms with E-state index in [1.54, 1.807) is 30.3 Å². The molecule has 4 aromatic rings. The van der Waals surface area contributed by atoms with Crippen LogP contribution >= 0.6 is 22.7 Å². The third-order valence-corrected chi connectivity index (χ3v) is 8.82. The molecule has 2 aromatic heterocycles. The third-order valence-electron chi connectivity index (χ3n) is 6.94. The monoisotopic (exact) mass is 603 g/mol. The summed E-state index contributed by atoms with van der Waals surface area (Å²) in [5, 5.41) is 22.1. The number of cyclic esters (lactones) is 2. The van der Waals surface area contributed by atoms with Crippen molar-refractivity contribution in [3.63, 3.8) is 0 Å². The van der Waals surface area contributed by atoms with E-state index < -0.39 is 24.1 Å². The molecule has 4 heterocycles. The number of amides is 1. The molecule has 0 fully saturated rings. The second-order valence-electron chi connectivity index (χ2n) is 9.93. The van der Waals surface area contributed by atoms with Crippen molar-refractivity contribution in [2.45, 2.75) is 57.2 Å². The van der Waals surface area contributed by atoms with Crippen LogP contribution in [-0.2, 0) is 38.3 Å². The van der Waals surface area contributed by atoms with E-state index >= 15 is 0 Å². The molecule has 2 atom stereocenters. The van der Waals surface area contributed by atoms with Gasteiger partial charge in [0.05, 0.1) is 24.0 Å². The fourth-order valence-corrected chi connectivity index (χ4v) is 6.66. The molecule has 0 radical (unpaired) electrons. The number of carbonyl (C=O) groups excluding carboxylic acids is 4. The third kappa shape index (κ3) is 6.26. The number of anilines is 1. The first kappa shape index (κ1) is 27.8. The van der Waals surface area contributed by atoms with Crippen molar-refractivity contribution in [1.29, 1.82) is 0 Å². The van der Waals surface area contributed by atoms with Crippen molar-refractivity contribution in [2.24, 2.45) is 0 Å². The molecule has 11 nitrogen and oxygen atoms in total. The number of aromatic nitrogens is 4. The van der Waals surface area contributed by atoms with Crippen LogP contribution in [0.3, 0.4) is 0 Å². The lowest BCUT2D eigenvalue weighted by atomic mass is 10.0. The highest BCUT2D eigenvalue weighted by molar-refractivity contribution is 7.15. The average molecular weight is 604 g/mol. The van der Waals surface area contributed by atoms with Gasteiger partial charge in [-0.15, -0.1) is 31.7 Å². The number of esters is 2. The van der Waals surface area contributed by atoms with Gasteiger partial charge in [0.2, 0.25) is 11.0 Å². The number of benzene rings is 2. The first-order valence-corrected chi connectivity index (χ1v) is 15.1. The Morgan fingerprint density at radius 2 is 1.26 bits per heavy atom. The van der Waals surface area contributed by atoms with Crippen LogP contribution in [0.2, 0.25) is 0 Å². The quantitative estimate of drug-likeness (QED) is 0.180. The number of ether oxygens (including phenoxy) is 2. The molecule has 2 aromatic carbocycles. The minimum absolute atomic E-state index is 0.00902. The Labute approximate surface area is 248 Å². The van der Waals surface area contributed by atoms with Crippen LogP contribution in [-0.4, -0.2) is 44.0 Å². The maximum absolute atomic E-state index is 12.6. The van der Waals surface area contributed by atoms with E-state index in [9.17, 15) is 19.2 Å². The summed E-state index contributed by atoms with van der Waals surface area (Å²) in [4.78, 5) is 49.1. The zero-order valence-electron chi connectivity index (χ0n) is 22.3. The Morgan fingerprint density at radius 3 is 1.93 bits per heavy atom. The number of fused-ring (bicyclic) bond motifs is 2. The topological polar surface area (TPSA) is 150 Å². The molecule has 0 bridgehead atoms. The lowest BCUT2D eigenvalue weighted by molar-refractivity contribution is -0.120. The smallest absolute Gasteiger partial charge is 0.339 e. The van der Waals surface area contributed by atoms with E-state index in [1.165, 1.54) is 22.7 Å². The number of Topliss-reactive ketones (excluding diaryl/α,β-unsaturated/α-hetero) is 1. The first-order valence-electron chi connectivity index (χ1n) is 13.5. The summed E-state index contributed by atoms with van der Waals surface area (Å²) < 4.78 is 10.7. The number of carbonyl (C=O) groups is 4. The van der Waals surface area contributed by atoms with Crippen LogP contribution in [0, 0.1) is 0 Å². The van der Waals surface area contributed by atoms with Crippen LogP contribution in [0.15, 0.2) is 48.5 Å². The van der Waals surface area contributed by atoms with Gasteiger partial charge in [-0.2, -0.15) is 0 Å². The molecule has 2 aliphatic heterocycles. The predicted molar refractivity (Wildman–Crippen MR) is 152 cm³/mol. The summed E-state index contributed by atoms with van der Waals surface area (Å²) in [6.07, 6.45) is 2.25. The van der Waals surface area contributed by atoms with Gasteiger partial charge in [0, 0.05) is 30.4 Å². The maximum Gasteiger partial charge on any atom is 0.339 e. The van der Waals surface area contributed by atoms with E-state index in [0.29, 0.717) is 33.3 Å². The summed E-state index contributed by atoms with van der Waals surface area (Å²) in [7, 11) is 0. The van der Waals surface area contributed by atoms with E-state index in [-0.39, 0.29) is 31.0 Å². The molecule has 0 spiro atoms. The molecule has 2 unspecified atom stereocenters. The van der Waals surface area contributed by atoms with Gasteiger partial charge in [0.15, 0.2) is 0 Å². The van der Waals surface area contributed by atoms with Crippen LogP contribution in [0.25, 0.3) is 0 Å². The number of hydrogen-bond acceptors (Lipinski definition) is 12. The highest BCUT2D eigenvalue weighted by atomic mass is 32.1. The van der Waals surface area contributed by atoms with E-state index in [2.05, 4.69) is 25.7 Å². The molecule has 6 rings (SSSR count). The van der Waals surface area contributed by atoms with Crippen LogP contribution in [0.4, 0.5) is 5.13 Å². The standard InChI is InChI=1S/C29H25N5O6S2/c35-16(13-21-17-7-1-3-9-19(17)27(37)39-21)14-26-33-31-24(41-26)11-5-6-12-25-32-34-29(42-25)30-23(36)15-22-18-8-2-4-10-20(18)28(38)40-22/h1-4,7-10,21-22H,5-6,11-15H2,(H,30,34,36). The van der Waals surface area contributed by atoms with Crippen LogP contribution < -0.4 is 5.32 Å². The van der Waals surface area contributed by atoms with Crippen molar-refractivity contribution in [1.82, 2.24) is 20.4 Å². The molecular weight excluding hydrogens is 578 g/mol. The number of nitrogens with one attached hydrogen (secondary N) is 1. The highest BCUT2D eigenvalue weighted by Crippen LogP contribution is 2.34. The molecule has 1 N–H and O–H groups in total. The van der Waals surface area contributed by atoms with Gasteiger partial charge in [-0.1, -0.05) is 47.7 Å². The van der Waals surface area contributed by atoms with Gasteiger partial charge in [0.1, 0.15) is 33.0 Å². The number of rotatable bonds is 12. The lowest BCUT2D eigenvalue weighted by Crippen LogP contribution is -2.15. The second-order valence-corrected chi connectivity index (χ2v) is 12.1. The molecule has 2 aliphatic rings. The fourth-order valence-electron chi connectivity index (χ4n) is 4.95. The van der Waals surface area contributed by atoms with Crippen molar-refractivity contribution in [2.75, 3.05) is 5.32 Å². The number of hydrogen-bond donors (Lipinski definition) is 1. The zero-order valence-corrected chi connectivity index (χ0v) is 23.9. The SMILES string of the molecule is O=C(Cc1nnc(CCCCc2nnc(NC(=O)CC3OC(=O)c4ccccc43)s2)s1)CC1OC(=O)c2ccccc21. The van der Waals surface area contributed by atoms with E-state index in [4.69, 9.17) is 9.47 Å². The number of ketones is 1. The zero-order chi connectivity index (χ0) is 29.1. The Bertz CT molecular complexity index is 1550. The molecular formula is C29H25N5O6S2. The number of unbranched alkanes of at least 4 members (excludes halogenated alkanes) is 1. The normalized spacial score (nSPS) is 17.0. The molecule has 42 heavy (non-hydrogen) atoms. The Balaban J connectivity index is 0.909. The maximum atomic E-state index is 12.6. The van der Waals surface area contributed by atoms with Crippen LogP contribution in [0.1, 0.15) is 84.8 Å². The Hall–Kier alpha value is -4.36. The van der Waals surface area contributed by atoms with Gasteiger partial charge in [-0.05, 0) is 25.0 Å². The van der Waals surface area contributed by atoms with E-state index in [1.807, 2.05) is 18.2 Å². The first-order chi connectivity index (χ1) is 20.4. The van der Waals surface area contributed by atoms with Crippen LogP contribution in [0.5, 0.6) is 0 Å². The van der Waals surface area contributed by atoms with Gasteiger partial charge in [-0.25, -0.2) is 9.59 Å². The Kier molecular flexibility index (Phi) is 8.11. The molecule has 214 valence electrons. The molecule has 13 heteroatoms. The molecule has 1 amide bonds. The fraction of sp³-hybridized carbons (Fsp3) is 0.310. The highest BCUT2D eigenvalue weighted by Gasteiger charge is 2.33. The minimum atomic E-state index is -0.607. The lowest BCUT2D eigenvalue weighted by Gasteiger charge is -2.09. The van der Waals surface area contributed by atoms with Gasteiger partial charge in [-0.3, -0.25) is 9.59 Å². The number of nitrogens with zero attached hydrogens (tertiary/aromatic N) is 4. The van der Waals surface area contributed by atoms with Crippen molar-refractivity contribution in [3.8, 4) is 0 Å². The van der Waals surface area contributed by atoms with Gasteiger partial charge in [0.25, 0.3) is 0 Å². The molecule has 0 saturated heterocycles. The van der Waals surface area contributed by atoms with Crippen molar-refractivity contribution < 1.29 is 28.7 Å². The summed E-state index contributed by atoms with van der Waals surface area (Å²) >= 11 is 2.73. The predicted octanol–water partition coefficient (Wildman–Crippen LogP) is 4.61. The molecule has 0 aliphatic carbocycles. The summed E-state index contributed by atoms with van der Waals surface area (Å²) in [6, 6.07) is 14.2. The summed E-state index contributed by atoms with van der Waals surface area (Å²) in [5.41, 5.74) is 2.47. The number of aryl methyl sites for hydroxylation is 2. The van der Waals surface area contributed by atoms with Gasteiger partial charge < -0.3 is 14.8 Å². The average Bonchev–Trinajstić information content (AvgIpc) is 3.75. The van der Waals surface area contributed by atoms with Gasteiger partial charge >= 0.3 is 11.9 Å². The van der Waals surface area contributed by atoms with Crippen molar-refractivity contribution >= 4 is 51.4 Å². The van der Waals surface area contributed by atoms with Crippen molar-refractivity contribution in [3.05, 3.63) is 85.8 Å².